The Balaban J connectivity index is 1.69. The van der Waals surface area contributed by atoms with Crippen LogP contribution in [0.4, 0.5) is 0 Å². The van der Waals surface area contributed by atoms with Gasteiger partial charge in [0.1, 0.15) is 18.1 Å². The third-order valence-electron chi connectivity index (χ3n) is 6.11. The molecule has 1 fully saturated rings. The molecule has 1 unspecified atom stereocenters. The van der Waals surface area contributed by atoms with Crippen LogP contribution in [0.15, 0.2) is 85.5 Å². The molecule has 2 aromatic carbocycles. The lowest BCUT2D eigenvalue weighted by Gasteiger charge is -2.25. The molecular formula is C28H29N3O4. The van der Waals surface area contributed by atoms with Gasteiger partial charge >= 0.3 is 0 Å². The molecule has 0 bridgehead atoms. The monoisotopic (exact) mass is 471 g/mol. The van der Waals surface area contributed by atoms with Gasteiger partial charge in [-0.25, -0.2) is 4.98 Å². The van der Waals surface area contributed by atoms with E-state index in [0.717, 1.165) is 17.5 Å². The van der Waals surface area contributed by atoms with Crippen molar-refractivity contribution < 1.29 is 19.4 Å². The van der Waals surface area contributed by atoms with E-state index in [2.05, 4.69) is 18.5 Å². The van der Waals surface area contributed by atoms with E-state index in [1.807, 2.05) is 35.0 Å². The zero-order valence-electron chi connectivity index (χ0n) is 19.8. The van der Waals surface area contributed by atoms with Crippen LogP contribution in [0.2, 0.25) is 0 Å². The van der Waals surface area contributed by atoms with Gasteiger partial charge in [0.25, 0.3) is 11.7 Å². The predicted octanol–water partition coefficient (Wildman–Crippen LogP) is 4.52. The molecular weight excluding hydrogens is 442 g/mol. The average molecular weight is 472 g/mol. The maximum atomic E-state index is 13.2. The van der Waals surface area contributed by atoms with Crippen molar-refractivity contribution in [2.45, 2.75) is 32.4 Å². The number of aliphatic hydroxyl groups excluding tert-OH is 1. The highest BCUT2D eigenvalue weighted by molar-refractivity contribution is 6.46. The van der Waals surface area contributed by atoms with Gasteiger partial charge in [0, 0.05) is 31.0 Å². The maximum absolute atomic E-state index is 13.2. The number of imidazole rings is 1. The Bertz CT molecular complexity index is 1210. The molecule has 1 atom stereocenters. The quantitative estimate of drug-likeness (QED) is 0.203. The van der Waals surface area contributed by atoms with Crippen molar-refractivity contribution in [3.05, 3.63) is 102 Å². The van der Waals surface area contributed by atoms with Crippen molar-refractivity contribution in [3.8, 4) is 5.75 Å². The molecule has 180 valence electrons. The Kier molecular flexibility index (Phi) is 7.45. The SMILES string of the molecule is C=CCOc1ccc(/C(O)=C2/C(=O)C(=O)N(CCCn3ccnc3)C2c2ccc(CC)cc2)cc1. The number of ether oxygens (including phenoxy) is 1. The molecule has 3 aromatic rings. The number of amides is 1. The minimum absolute atomic E-state index is 0.0987. The van der Waals surface area contributed by atoms with Crippen molar-refractivity contribution in [1.29, 1.82) is 0 Å². The molecule has 1 N–H and O–H groups in total. The van der Waals surface area contributed by atoms with Crippen LogP contribution in [-0.2, 0) is 22.6 Å². The number of Topliss-reactive ketones (excluding diaryl/α,β-unsaturated/α-hetero) is 1. The first-order chi connectivity index (χ1) is 17.0. The largest absolute Gasteiger partial charge is 0.507 e. The molecule has 1 aromatic heterocycles. The van der Waals surface area contributed by atoms with Gasteiger partial charge in [0.2, 0.25) is 0 Å². The van der Waals surface area contributed by atoms with E-state index in [1.54, 1.807) is 47.8 Å². The first-order valence-corrected chi connectivity index (χ1v) is 11.7. The molecule has 2 heterocycles. The molecule has 0 radical (unpaired) electrons. The number of likely N-dealkylation sites (tertiary alicyclic amines) is 1. The van der Waals surface area contributed by atoms with Gasteiger partial charge in [-0.15, -0.1) is 0 Å². The third kappa shape index (κ3) is 5.19. The van der Waals surface area contributed by atoms with Gasteiger partial charge in [0.15, 0.2) is 0 Å². The number of carbonyl (C=O) groups is 2. The summed E-state index contributed by atoms with van der Waals surface area (Å²) in [5.74, 6) is -0.859. The second-order valence-electron chi connectivity index (χ2n) is 8.37. The van der Waals surface area contributed by atoms with E-state index in [9.17, 15) is 14.7 Å². The fraction of sp³-hybridized carbons (Fsp3) is 0.250. The first kappa shape index (κ1) is 24.0. The van der Waals surface area contributed by atoms with Crippen molar-refractivity contribution in [1.82, 2.24) is 14.5 Å². The first-order valence-electron chi connectivity index (χ1n) is 11.7. The van der Waals surface area contributed by atoms with Crippen LogP contribution in [0.3, 0.4) is 0 Å². The number of aromatic nitrogens is 2. The van der Waals surface area contributed by atoms with E-state index in [4.69, 9.17) is 4.74 Å². The number of aryl methyl sites for hydroxylation is 2. The summed E-state index contributed by atoms with van der Waals surface area (Å²) < 4.78 is 7.43. The smallest absolute Gasteiger partial charge is 0.295 e. The van der Waals surface area contributed by atoms with E-state index in [1.165, 1.54) is 0 Å². The number of aliphatic hydroxyl groups is 1. The van der Waals surface area contributed by atoms with Crippen molar-refractivity contribution in [2.75, 3.05) is 13.2 Å². The maximum Gasteiger partial charge on any atom is 0.295 e. The topological polar surface area (TPSA) is 84.7 Å². The lowest BCUT2D eigenvalue weighted by Crippen LogP contribution is -2.31. The van der Waals surface area contributed by atoms with Crippen LogP contribution < -0.4 is 4.74 Å². The molecule has 1 aliphatic rings. The minimum atomic E-state index is -0.679. The van der Waals surface area contributed by atoms with Crippen LogP contribution in [0.1, 0.15) is 36.1 Å². The van der Waals surface area contributed by atoms with Gasteiger partial charge in [-0.1, -0.05) is 43.8 Å². The van der Waals surface area contributed by atoms with Gasteiger partial charge in [-0.2, -0.15) is 0 Å². The molecule has 1 aliphatic heterocycles. The molecule has 0 spiro atoms. The second-order valence-corrected chi connectivity index (χ2v) is 8.37. The highest BCUT2D eigenvalue weighted by Crippen LogP contribution is 2.39. The fourth-order valence-corrected chi connectivity index (χ4v) is 4.26. The summed E-state index contributed by atoms with van der Waals surface area (Å²) in [6.07, 6.45) is 8.45. The van der Waals surface area contributed by atoms with E-state index in [0.29, 0.717) is 37.4 Å². The summed E-state index contributed by atoms with van der Waals surface area (Å²) in [6, 6.07) is 14.0. The predicted molar refractivity (Wildman–Crippen MR) is 134 cm³/mol. The Morgan fingerprint density at radius 3 is 2.49 bits per heavy atom. The average Bonchev–Trinajstić information content (AvgIpc) is 3.50. The molecule has 4 rings (SSSR count). The van der Waals surface area contributed by atoms with Crippen LogP contribution in [0, 0.1) is 0 Å². The molecule has 1 saturated heterocycles. The summed E-state index contributed by atoms with van der Waals surface area (Å²) in [5.41, 5.74) is 2.49. The van der Waals surface area contributed by atoms with E-state index < -0.39 is 17.7 Å². The molecule has 0 aliphatic carbocycles. The highest BCUT2D eigenvalue weighted by atomic mass is 16.5. The third-order valence-corrected chi connectivity index (χ3v) is 6.11. The number of rotatable bonds is 10. The number of hydrogen-bond acceptors (Lipinski definition) is 5. The summed E-state index contributed by atoms with van der Waals surface area (Å²) in [5, 5.41) is 11.2. The number of nitrogens with zero attached hydrogens (tertiary/aromatic N) is 3. The van der Waals surface area contributed by atoms with Gasteiger partial charge in [0.05, 0.1) is 17.9 Å². The summed E-state index contributed by atoms with van der Waals surface area (Å²) in [4.78, 5) is 31.9. The number of ketones is 1. The summed E-state index contributed by atoms with van der Waals surface area (Å²) in [7, 11) is 0. The molecule has 35 heavy (non-hydrogen) atoms. The zero-order valence-corrected chi connectivity index (χ0v) is 19.8. The van der Waals surface area contributed by atoms with Crippen LogP contribution in [-0.4, -0.2) is 44.4 Å². The normalized spacial score (nSPS) is 17.1. The molecule has 7 nitrogen and oxygen atoms in total. The van der Waals surface area contributed by atoms with Gasteiger partial charge < -0.3 is 19.3 Å². The van der Waals surface area contributed by atoms with Crippen molar-refractivity contribution in [2.24, 2.45) is 0 Å². The van der Waals surface area contributed by atoms with Crippen molar-refractivity contribution >= 4 is 17.4 Å². The van der Waals surface area contributed by atoms with Gasteiger partial charge in [-0.05, 0) is 48.2 Å². The molecule has 7 heteroatoms. The fourth-order valence-electron chi connectivity index (χ4n) is 4.26. The van der Waals surface area contributed by atoms with Crippen LogP contribution in [0.25, 0.3) is 5.76 Å². The van der Waals surface area contributed by atoms with Gasteiger partial charge in [-0.3, -0.25) is 9.59 Å². The molecule has 1 amide bonds. The van der Waals surface area contributed by atoms with E-state index in [-0.39, 0.29) is 11.3 Å². The minimum Gasteiger partial charge on any atom is -0.507 e. The standard InChI is InChI=1S/C28H29N3O4/c1-3-18-35-23-12-10-22(11-13-23)26(32)24-25(21-8-6-20(4-2)7-9-21)31(28(34)27(24)33)16-5-15-30-17-14-29-19-30/h3,6-14,17,19,25,32H,1,4-5,15-16,18H2,2H3/b26-24-. The highest BCUT2D eigenvalue weighted by Gasteiger charge is 2.45. The van der Waals surface area contributed by atoms with Crippen LogP contribution in [0.5, 0.6) is 5.75 Å². The Morgan fingerprint density at radius 2 is 1.86 bits per heavy atom. The summed E-state index contributed by atoms with van der Waals surface area (Å²) in [6.45, 7) is 7.09. The summed E-state index contributed by atoms with van der Waals surface area (Å²) >= 11 is 0. The van der Waals surface area contributed by atoms with Crippen LogP contribution >= 0.6 is 0 Å². The Morgan fingerprint density at radius 1 is 1.11 bits per heavy atom. The Labute approximate surface area is 205 Å². The lowest BCUT2D eigenvalue weighted by molar-refractivity contribution is -0.139. The number of carbonyl (C=O) groups excluding carboxylic acids is 2. The molecule has 0 saturated carbocycles. The second kappa shape index (κ2) is 10.9. The zero-order chi connectivity index (χ0) is 24.8. The number of benzene rings is 2. The van der Waals surface area contributed by atoms with E-state index >= 15 is 0 Å². The van der Waals surface area contributed by atoms with Crippen molar-refractivity contribution in [3.63, 3.8) is 0 Å². The lowest BCUT2D eigenvalue weighted by atomic mass is 9.94. The Hall–Kier alpha value is -4.13. The number of hydrogen-bond donors (Lipinski definition) is 1.